The van der Waals surface area contributed by atoms with Crippen LogP contribution in [-0.2, 0) is 9.59 Å². The fourth-order valence-electron chi connectivity index (χ4n) is 1.06. The SMILES string of the molecule is CC1=C([N+](=O)[O-])CC(=O)CC1=O. The Kier molecular flexibility index (Phi) is 2.03. The van der Waals surface area contributed by atoms with Crippen molar-refractivity contribution in [1.29, 1.82) is 0 Å². The van der Waals surface area contributed by atoms with Crippen LogP contribution in [0.5, 0.6) is 0 Å². The van der Waals surface area contributed by atoms with Gasteiger partial charge in [-0.3, -0.25) is 19.7 Å². The summed E-state index contributed by atoms with van der Waals surface area (Å²) in [5, 5.41) is 10.3. The average molecular weight is 169 g/mol. The van der Waals surface area contributed by atoms with Crippen molar-refractivity contribution in [1.82, 2.24) is 0 Å². The number of hydrogen-bond donors (Lipinski definition) is 0. The van der Waals surface area contributed by atoms with Crippen LogP contribution in [0.3, 0.4) is 0 Å². The van der Waals surface area contributed by atoms with Crippen molar-refractivity contribution in [3.63, 3.8) is 0 Å². The van der Waals surface area contributed by atoms with Crippen LogP contribution in [0.1, 0.15) is 19.8 Å². The van der Waals surface area contributed by atoms with Gasteiger partial charge in [-0.1, -0.05) is 0 Å². The molecule has 1 aliphatic rings. The predicted molar refractivity (Wildman–Crippen MR) is 38.9 cm³/mol. The van der Waals surface area contributed by atoms with Gasteiger partial charge in [0.1, 0.15) is 0 Å². The van der Waals surface area contributed by atoms with Crippen molar-refractivity contribution in [3.8, 4) is 0 Å². The van der Waals surface area contributed by atoms with Gasteiger partial charge in [0.05, 0.1) is 23.3 Å². The number of ketones is 2. The minimum absolute atomic E-state index is 0.111. The summed E-state index contributed by atoms with van der Waals surface area (Å²) < 4.78 is 0. The summed E-state index contributed by atoms with van der Waals surface area (Å²) in [6, 6.07) is 0. The molecule has 64 valence electrons. The molecule has 0 atom stereocenters. The van der Waals surface area contributed by atoms with Crippen molar-refractivity contribution in [2.24, 2.45) is 0 Å². The Bertz CT molecular complexity index is 303. The van der Waals surface area contributed by atoms with Crippen LogP contribution in [0.15, 0.2) is 11.3 Å². The zero-order valence-electron chi connectivity index (χ0n) is 6.49. The van der Waals surface area contributed by atoms with E-state index in [0.717, 1.165) is 0 Å². The van der Waals surface area contributed by atoms with Gasteiger partial charge < -0.3 is 0 Å². The number of allylic oxidation sites excluding steroid dienone is 2. The molecule has 5 nitrogen and oxygen atoms in total. The molecule has 0 N–H and O–H groups in total. The fourth-order valence-corrected chi connectivity index (χ4v) is 1.06. The molecule has 1 aliphatic carbocycles. The molecule has 0 aromatic carbocycles. The number of Topliss-reactive ketones (excluding diaryl/α,β-unsaturated/α-hetero) is 2. The molecule has 0 radical (unpaired) electrons. The molecule has 12 heavy (non-hydrogen) atoms. The van der Waals surface area contributed by atoms with Gasteiger partial charge in [0.25, 0.3) is 5.70 Å². The van der Waals surface area contributed by atoms with E-state index in [0.29, 0.717) is 0 Å². The van der Waals surface area contributed by atoms with E-state index in [4.69, 9.17) is 0 Å². The topological polar surface area (TPSA) is 77.3 Å². The zero-order valence-corrected chi connectivity index (χ0v) is 6.49. The molecule has 1 rings (SSSR count). The standard InChI is InChI=1S/C7H7NO4/c1-4-6(8(11)12)2-5(9)3-7(4)10/h2-3H2,1H3. The molecule has 0 fully saturated rings. The molecule has 0 aromatic rings. The van der Waals surface area contributed by atoms with Gasteiger partial charge in [-0.05, 0) is 6.92 Å². The highest BCUT2D eigenvalue weighted by Gasteiger charge is 2.30. The summed E-state index contributed by atoms with van der Waals surface area (Å²) in [6.45, 7) is 1.38. The lowest BCUT2D eigenvalue weighted by Crippen LogP contribution is -2.21. The molecule has 0 aromatic heterocycles. The van der Waals surface area contributed by atoms with E-state index in [-0.39, 0.29) is 29.9 Å². The molecule has 0 spiro atoms. The Morgan fingerprint density at radius 2 is 1.92 bits per heavy atom. The molecule has 5 heteroatoms. The number of nitro groups is 1. The fraction of sp³-hybridized carbons (Fsp3) is 0.429. The van der Waals surface area contributed by atoms with E-state index >= 15 is 0 Å². The minimum atomic E-state index is -0.662. The van der Waals surface area contributed by atoms with Crippen molar-refractivity contribution < 1.29 is 14.5 Å². The molecule has 0 heterocycles. The maximum Gasteiger partial charge on any atom is 0.260 e. The highest BCUT2D eigenvalue weighted by Crippen LogP contribution is 2.19. The third-order valence-corrected chi connectivity index (χ3v) is 1.79. The number of carbonyl (C=O) groups is 2. The van der Waals surface area contributed by atoms with Gasteiger partial charge in [-0.25, -0.2) is 0 Å². The molecular formula is C7H7NO4. The van der Waals surface area contributed by atoms with E-state index in [1.807, 2.05) is 0 Å². The Morgan fingerprint density at radius 1 is 1.33 bits per heavy atom. The van der Waals surface area contributed by atoms with Crippen LogP contribution < -0.4 is 0 Å². The van der Waals surface area contributed by atoms with Crippen LogP contribution in [-0.4, -0.2) is 16.5 Å². The van der Waals surface area contributed by atoms with Crippen molar-refractivity contribution in [2.75, 3.05) is 0 Å². The van der Waals surface area contributed by atoms with Crippen LogP contribution in [0.4, 0.5) is 0 Å². The first-order valence-corrected chi connectivity index (χ1v) is 3.41. The quantitative estimate of drug-likeness (QED) is 0.324. The molecule has 0 saturated heterocycles. The molecule has 0 unspecified atom stereocenters. The molecular weight excluding hydrogens is 162 g/mol. The number of rotatable bonds is 1. The van der Waals surface area contributed by atoms with Crippen molar-refractivity contribution in [2.45, 2.75) is 19.8 Å². The first-order valence-electron chi connectivity index (χ1n) is 3.41. The Hall–Kier alpha value is -1.52. The van der Waals surface area contributed by atoms with E-state index < -0.39 is 10.7 Å². The third kappa shape index (κ3) is 1.39. The lowest BCUT2D eigenvalue weighted by molar-refractivity contribution is -0.427. The summed E-state index contributed by atoms with van der Waals surface area (Å²) in [7, 11) is 0. The Morgan fingerprint density at radius 3 is 2.42 bits per heavy atom. The first-order chi connectivity index (χ1) is 5.52. The maximum atomic E-state index is 10.9. The molecule has 0 bridgehead atoms. The maximum absolute atomic E-state index is 10.9. The highest BCUT2D eigenvalue weighted by molar-refractivity contribution is 6.10. The predicted octanol–water partition coefficient (Wildman–Crippen LogP) is 0.469. The first kappa shape index (κ1) is 8.58. The minimum Gasteiger partial charge on any atom is -0.299 e. The second kappa shape index (κ2) is 2.84. The van der Waals surface area contributed by atoms with Gasteiger partial charge in [0.2, 0.25) is 0 Å². The van der Waals surface area contributed by atoms with E-state index in [1.54, 1.807) is 0 Å². The van der Waals surface area contributed by atoms with Crippen LogP contribution in [0.2, 0.25) is 0 Å². The van der Waals surface area contributed by atoms with Crippen molar-refractivity contribution >= 4 is 11.6 Å². The van der Waals surface area contributed by atoms with Gasteiger partial charge in [0.15, 0.2) is 11.6 Å². The lowest BCUT2D eigenvalue weighted by Gasteiger charge is -2.07. The van der Waals surface area contributed by atoms with Gasteiger partial charge >= 0.3 is 0 Å². The highest BCUT2D eigenvalue weighted by atomic mass is 16.6. The number of carbonyl (C=O) groups excluding carboxylic acids is 2. The average Bonchev–Trinajstić information content (AvgIpc) is 1.96. The van der Waals surface area contributed by atoms with Crippen LogP contribution in [0, 0.1) is 10.1 Å². The summed E-state index contributed by atoms with van der Waals surface area (Å²) in [6.07, 6.45) is -0.409. The molecule has 0 saturated carbocycles. The Labute approximate surface area is 68.2 Å². The number of nitrogens with zero attached hydrogens (tertiary/aromatic N) is 1. The van der Waals surface area contributed by atoms with Gasteiger partial charge in [-0.15, -0.1) is 0 Å². The zero-order chi connectivity index (χ0) is 9.30. The molecule has 0 amide bonds. The van der Waals surface area contributed by atoms with Crippen LogP contribution >= 0.6 is 0 Å². The summed E-state index contributed by atoms with van der Waals surface area (Å²) >= 11 is 0. The number of hydrogen-bond acceptors (Lipinski definition) is 4. The second-order valence-electron chi connectivity index (χ2n) is 2.64. The largest absolute Gasteiger partial charge is 0.299 e. The van der Waals surface area contributed by atoms with E-state index in [1.165, 1.54) is 6.92 Å². The Balaban J connectivity index is 3.09. The smallest absolute Gasteiger partial charge is 0.260 e. The normalized spacial score (nSPS) is 18.4. The van der Waals surface area contributed by atoms with Gasteiger partial charge in [0, 0.05) is 0 Å². The monoisotopic (exact) mass is 169 g/mol. The van der Waals surface area contributed by atoms with Gasteiger partial charge in [-0.2, -0.15) is 0 Å². The molecule has 0 aliphatic heterocycles. The summed E-state index contributed by atoms with van der Waals surface area (Å²) in [5.41, 5.74) is -0.143. The third-order valence-electron chi connectivity index (χ3n) is 1.79. The van der Waals surface area contributed by atoms with Crippen molar-refractivity contribution in [3.05, 3.63) is 21.4 Å². The van der Waals surface area contributed by atoms with Crippen LogP contribution in [0.25, 0.3) is 0 Å². The van der Waals surface area contributed by atoms with E-state index in [9.17, 15) is 19.7 Å². The lowest BCUT2D eigenvalue weighted by atomic mass is 9.95. The van der Waals surface area contributed by atoms with E-state index in [2.05, 4.69) is 0 Å². The summed E-state index contributed by atoms with van der Waals surface area (Å²) in [4.78, 5) is 31.3. The summed E-state index contributed by atoms with van der Waals surface area (Å²) in [5.74, 6) is -0.810. The second-order valence-corrected chi connectivity index (χ2v) is 2.64.